The third kappa shape index (κ3) is 3.19. The minimum absolute atomic E-state index is 0.0678. The predicted octanol–water partition coefficient (Wildman–Crippen LogP) is 3.50. The van der Waals surface area contributed by atoms with Gasteiger partial charge in [-0.05, 0) is 43.7 Å². The minimum atomic E-state index is 0.0678. The topological polar surface area (TPSA) is 116 Å². The lowest BCUT2D eigenvalue weighted by molar-refractivity contribution is 0.170. The molecule has 1 spiro atoms. The second-order valence-corrected chi connectivity index (χ2v) is 11.3. The van der Waals surface area contributed by atoms with Crippen molar-refractivity contribution in [2.24, 2.45) is 11.1 Å². The Morgan fingerprint density at radius 3 is 2.86 bits per heavy atom. The summed E-state index contributed by atoms with van der Waals surface area (Å²) in [5, 5.41) is 6.28. The summed E-state index contributed by atoms with van der Waals surface area (Å²) in [5.74, 6) is 1.27. The molecule has 0 saturated carbocycles. The van der Waals surface area contributed by atoms with E-state index in [1.165, 1.54) is 35.1 Å². The summed E-state index contributed by atoms with van der Waals surface area (Å²) in [6.45, 7) is 2.76. The van der Waals surface area contributed by atoms with Gasteiger partial charge in [0, 0.05) is 36.1 Å². The summed E-state index contributed by atoms with van der Waals surface area (Å²) < 4.78 is 4.28. The average molecular weight is 508 g/mol. The maximum atomic E-state index is 6.91. The van der Waals surface area contributed by atoms with Crippen LogP contribution < -0.4 is 16.4 Å². The Morgan fingerprint density at radius 1 is 1.14 bits per heavy atom. The van der Waals surface area contributed by atoms with Gasteiger partial charge in [0.05, 0.1) is 34.8 Å². The van der Waals surface area contributed by atoms with Crippen LogP contribution in [0, 0.1) is 5.41 Å². The molecule has 3 aliphatic rings. The first-order valence-electron chi connectivity index (χ1n) is 12.0. The van der Waals surface area contributed by atoms with Gasteiger partial charge in [-0.25, -0.2) is 15.0 Å². The molecule has 7 rings (SSSR count). The van der Waals surface area contributed by atoms with Crippen LogP contribution in [-0.2, 0) is 19.4 Å². The van der Waals surface area contributed by atoms with E-state index in [4.69, 9.17) is 33.2 Å². The molecule has 0 amide bonds. The zero-order valence-corrected chi connectivity index (χ0v) is 20.8. The number of piperidine rings is 1. The van der Waals surface area contributed by atoms with Gasteiger partial charge < -0.3 is 16.4 Å². The zero-order valence-electron chi connectivity index (χ0n) is 19.2. The van der Waals surface area contributed by atoms with Crippen molar-refractivity contribution in [1.82, 2.24) is 29.1 Å². The van der Waals surface area contributed by atoms with E-state index in [0.717, 1.165) is 66.6 Å². The van der Waals surface area contributed by atoms with E-state index in [2.05, 4.69) is 24.0 Å². The van der Waals surface area contributed by atoms with Gasteiger partial charge in [0.1, 0.15) is 22.7 Å². The molecule has 1 atom stereocenters. The van der Waals surface area contributed by atoms with Crippen molar-refractivity contribution in [3.8, 4) is 0 Å². The van der Waals surface area contributed by atoms with Crippen LogP contribution in [0.4, 0.5) is 11.6 Å². The van der Waals surface area contributed by atoms with Crippen molar-refractivity contribution < 1.29 is 0 Å². The largest absolute Gasteiger partial charge is 0.382 e. The van der Waals surface area contributed by atoms with Crippen LogP contribution in [0.5, 0.6) is 0 Å². The molecule has 4 aromatic heterocycles. The zero-order chi connectivity index (χ0) is 23.7. The standard InChI is InChI=1S/C24H26ClN9S/c25-19-17(4-7-29-22(19)27)35-18-11-30-23(16-10-28-13-33(16)18)32-8-5-24(6-9-32)12-34-20(21(24)26)14-2-1-3-15(14)31-34/h4,7,10-11,13,21H,1-3,5-6,8-9,12,26H2,(H2,27,29)/t21-/m1/s1. The number of nitrogens with two attached hydrogens (primary N) is 2. The fourth-order valence-corrected chi connectivity index (χ4v) is 7.22. The van der Waals surface area contributed by atoms with Crippen molar-refractivity contribution in [3.05, 3.63) is 53.0 Å². The molecular formula is C24H26ClN9S. The summed E-state index contributed by atoms with van der Waals surface area (Å²) in [7, 11) is 0. The Hall–Kier alpha value is -2.82. The van der Waals surface area contributed by atoms with Crippen LogP contribution in [0.3, 0.4) is 0 Å². The Labute approximate surface area is 211 Å². The summed E-state index contributed by atoms with van der Waals surface area (Å²) in [4.78, 5) is 16.5. The van der Waals surface area contributed by atoms with E-state index >= 15 is 0 Å². The molecule has 0 unspecified atom stereocenters. The second kappa shape index (κ2) is 7.84. The highest BCUT2D eigenvalue weighted by atomic mass is 35.5. The summed E-state index contributed by atoms with van der Waals surface area (Å²) in [5.41, 5.74) is 17.9. The fourth-order valence-electron chi connectivity index (χ4n) is 6.09. The van der Waals surface area contributed by atoms with Crippen LogP contribution in [0.25, 0.3) is 5.52 Å². The number of hydrogen-bond donors (Lipinski definition) is 2. The first kappa shape index (κ1) is 21.5. The molecular weight excluding hydrogens is 482 g/mol. The number of aromatic nitrogens is 6. The molecule has 9 nitrogen and oxygen atoms in total. The Bertz CT molecular complexity index is 1450. The van der Waals surface area contributed by atoms with Gasteiger partial charge in [0.25, 0.3) is 0 Å². The van der Waals surface area contributed by atoms with Gasteiger partial charge in [0.2, 0.25) is 0 Å². The molecule has 0 bridgehead atoms. The van der Waals surface area contributed by atoms with Crippen LogP contribution >= 0.6 is 23.4 Å². The number of nitrogens with zero attached hydrogens (tertiary/aromatic N) is 7. The Morgan fingerprint density at radius 2 is 2.00 bits per heavy atom. The van der Waals surface area contributed by atoms with E-state index in [1.807, 2.05) is 24.8 Å². The Balaban J connectivity index is 1.13. The molecule has 0 aromatic carbocycles. The molecule has 0 radical (unpaired) electrons. The number of aryl methyl sites for hydroxylation is 1. The predicted molar refractivity (Wildman–Crippen MR) is 136 cm³/mol. The molecule has 180 valence electrons. The lowest BCUT2D eigenvalue weighted by atomic mass is 9.73. The summed E-state index contributed by atoms with van der Waals surface area (Å²) in [6, 6.07) is 1.92. The number of fused-ring (bicyclic) bond motifs is 4. The molecule has 1 saturated heterocycles. The van der Waals surface area contributed by atoms with Crippen molar-refractivity contribution in [2.45, 2.75) is 54.6 Å². The third-order valence-corrected chi connectivity index (χ3v) is 9.57. The quantitative estimate of drug-likeness (QED) is 0.433. The van der Waals surface area contributed by atoms with Crippen molar-refractivity contribution in [3.63, 3.8) is 0 Å². The van der Waals surface area contributed by atoms with Gasteiger partial charge in [-0.2, -0.15) is 5.10 Å². The fraction of sp³-hybridized carbons (Fsp3) is 0.417. The van der Waals surface area contributed by atoms with Crippen molar-refractivity contribution in [2.75, 3.05) is 23.7 Å². The highest BCUT2D eigenvalue weighted by Gasteiger charge is 2.49. The normalized spacial score (nSPS) is 20.6. The van der Waals surface area contributed by atoms with Gasteiger partial charge >= 0.3 is 0 Å². The van der Waals surface area contributed by atoms with Gasteiger partial charge in [-0.1, -0.05) is 23.4 Å². The number of anilines is 2. The number of imidazole rings is 1. The van der Waals surface area contributed by atoms with E-state index in [1.54, 1.807) is 6.20 Å². The molecule has 1 aliphatic carbocycles. The van der Waals surface area contributed by atoms with E-state index in [0.29, 0.717) is 10.8 Å². The molecule has 11 heteroatoms. The minimum Gasteiger partial charge on any atom is -0.382 e. The van der Waals surface area contributed by atoms with Crippen LogP contribution in [-0.4, -0.2) is 42.2 Å². The van der Waals surface area contributed by atoms with Crippen LogP contribution in [0.1, 0.15) is 42.3 Å². The van der Waals surface area contributed by atoms with E-state index < -0.39 is 0 Å². The summed E-state index contributed by atoms with van der Waals surface area (Å²) in [6.07, 6.45) is 12.7. The lowest BCUT2D eigenvalue weighted by Gasteiger charge is -2.42. The molecule has 4 aromatic rings. The third-order valence-electron chi connectivity index (χ3n) is 7.99. The first-order chi connectivity index (χ1) is 17.0. The van der Waals surface area contributed by atoms with Gasteiger partial charge in [0.15, 0.2) is 5.82 Å². The average Bonchev–Trinajstić information content (AvgIpc) is 3.62. The number of hydrogen-bond acceptors (Lipinski definition) is 8. The SMILES string of the molecule is Nc1nccc(Sc2cnc(N3CCC4(CC3)Cn3nc5c(c3[C@H]4N)CCC5)c3cncn23)c1Cl. The Kier molecular flexibility index (Phi) is 4.81. The van der Waals surface area contributed by atoms with E-state index in [-0.39, 0.29) is 11.5 Å². The maximum absolute atomic E-state index is 6.91. The molecule has 6 heterocycles. The maximum Gasteiger partial charge on any atom is 0.154 e. The second-order valence-electron chi connectivity index (χ2n) is 9.83. The number of pyridine rings is 1. The monoisotopic (exact) mass is 507 g/mol. The first-order valence-corrected chi connectivity index (χ1v) is 13.2. The number of nitrogen functional groups attached to an aromatic ring is 1. The van der Waals surface area contributed by atoms with Gasteiger partial charge in [-0.3, -0.25) is 9.08 Å². The summed E-state index contributed by atoms with van der Waals surface area (Å²) >= 11 is 7.87. The van der Waals surface area contributed by atoms with E-state index in [9.17, 15) is 0 Å². The molecule has 4 N–H and O–H groups in total. The lowest BCUT2D eigenvalue weighted by Crippen LogP contribution is -2.45. The van der Waals surface area contributed by atoms with Crippen molar-refractivity contribution in [1.29, 1.82) is 0 Å². The number of halogens is 1. The highest BCUT2D eigenvalue weighted by Crippen LogP contribution is 2.50. The number of rotatable bonds is 3. The van der Waals surface area contributed by atoms with Crippen LogP contribution in [0.2, 0.25) is 5.02 Å². The molecule has 35 heavy (non-hydrogen) atoms. The molecule has 1 fully saturated rings. The van der Waals surface area contributed by atoms with Crippen molar-refractivity contribution >= 4 is 40.5 Å². The van der Waals surface area contributed by atoms with Gasteiger partial charge in [-0.15, -0.1) is 0 Å². The smallest absolute Gasteiger partial charge is 0.154 e. The van der Waals surface area contributed by atoms with Crippen LogP contribution in [0.15, 0.2) is 40.9 Å². The highest BCUT2D eigenvalue weighted by molar-refractivity contribution is 7.99. The molecule has 2 aliphatic heterocycles.